The third-order valence-electron chi connectivity index (χ3n) is 3.70. The van der Waals surface area contributed by atoms with Crippen molar-refractivity contribution in [3.05, 3.63) is 59.1 Å². The van der Waals surface area contributed by atoms with Gasteiger partial charge in [-0.1, -0.05) is 63.2 Å². The fourth-order valence-electron chi connectivity index (χ4n) is 2.37. The minimum Gasteiger partial charge on any atom is -0.302 e. The predicted octanol–water partition coefficient (Wildman–Crippen LogP) is 4.87. The summed E-state index contributed by atoms with van der Waals surface area (Å²) in [5.74, 6) is -0.0106. The highest BCUT2D eigenvalue weighted by atomic mass is 32.1. The van der Waals surface area contributed by atoms with Gasteiger partial charge in [-0.15, -0.1) is 11.3 Å². The lowest BCUT2D eigenvalue weighted by atomic mass is 9.96. The molecule has 0 saturated heterocycles. The Morgan fingerprint density at radius 3 is 2.65 bits per heavy atom. The summed E-state index contributed by atoms with van der Waals surface area (Å²) in [5.41, 5.74) is 0.863. The Balaban J connectivity index is 1.80. The van der Waals surface area contributed by atoms with Crippen LogP contribution in [0.1, 0.15) is 31.2 Å². The van der Waals surface area contributed by atoms with Gasteiger partial charge in [-0.3, -0.25) is 4.79 Å². The van der Waals surface area contributed by atoms with E-state index in [0.717, 1.165) is 11.3 Å². The number of carbonyl (C=O) groups excluding carboxylic acids is 1. The fraction of sp³-hybridized carbons (Fsp3) is 0.263. The normalized spacial score (nSPS) is 11.6. The molecule has 0 unspecified atom stereocenters. The second-order valence-corrected chi connectivity index (χ2v) is 7.77. The molecule has 4 heteroatoms. The van der Waals surface area contributed by atoms with Crippen molar-refractivity contribution >= 4 is 33.1 Å². The van der Waals surface area contributed by atoms with E-state index in [4.69, 9.17) is 0 Å². The fourth-order valence-corrected chi connectivity index (χ4v) is 3.20. The summed E-state index contributed by atoms with van der Waals surface area (Å²) in [6.07, 6.45) is 2.68. The van der Waals surface area contributed by atoms with Crippen LogP contribution in [0.4, 0.5) is 5.13 Å². The quantitative estimate of drug-likeness (QED) is 0.746. The number of rotatable bonds is 3. The van der Waals surface area contributed by atoms with Crippen LogP contribution >= 0.6 is 11.3 Å². The Morgan fingerprint density at radius 1 is 1.13 bits per heavy atom. The number of aromatic nitrogens is 1. The average Bonchev–Trinajstić information content (AvgIpc) is 2.94. The van der Waals surface area contributed by atoms with E-state index in [1.54, 1.807) is 0 Å². The van der Waals surface area contributed by atoms with Crippen molar-refractivity contribution in [2.24, 2.45) is 5.41 Å². The Hall–Kier alpha value is -2.20. The summed E-state index contributed by atoms with van der Waals surface area (Å²) in [4.78, 5) is 17.5. The molecule has 1 heterocycles. The van der Waals surface area contributed by atoms with E-state index in [2.05, 4.69) is 52.8 Å². The maximum Gasteiger partial charge on any atom is 0.231 e. The molecule has 1 amide bonds. The summed E-state index contributed by atoms with van der Waals surface area (Å²) in [7, 11) is 0. The highest BCUT2D eigenvalue weighted by Crippen LogP contribution is 2.26. The van der Waals surface area contributed by atoms with Crippen molar-refractivity contribution < 1.29 is 4.79 Å². The molecule has 0 radical (unpaired) electrons. The molecule has 0 fully saturated rings. The molecule has 118 valence electrons. The first kappa shape index (κ1) is 15.7. The summed E-state index contributed by atoms with van der Waals surface area (Å²) in [5, 5.41) is 6.07. The zero-order valence-electron chi connectivity index (χ0n) is 13.6. The second kappa shape index (κ2) is 6.13. The highest BCUT2D eigenvalue weighted by molar-refractivity contribution is 7.15. The maximum absolute atomic E-state index is 12.0. The van der Waals surface area contributed by atoms with Gasteiger partial charge in [0.25, 0.3) is 0 Å². The number of amides is 1. The van der Waals surface area contributed by atoms with Gasteiger partial charge in [-0.05, 0) is 16.3 Å². The first-order valence-electron chi connectivity index (χ1n) is 7.66. The smallest absolute Gasteiger partial charge is 0.231 e. The van der Waals surface area contributed by atoms with Gasteiger partial charge in [0.15, 0.2) is 5.13 Å². The van der Waals surface area contributed by atoms with Crippen LogP contribution in [0.5, 0.6) is 0 Å². The molecule has 0 aliphatic carbocycles. The number of anilines is 1. The zero-order chi connectivity index (χ0) is 16.4. The van der Waals surface area contributed by atoms with Gasteiger partial charge in [0.2, 0.25) is 5.91 Å². The minimum absolute atomic E-state index is 0.0106. The molecule has 0 aliphatic rings. The molecule has 2 aromatic carbocycles. The lowest BCUT2D eigenvalue weighted by molar-refractivity contribution is -0.123. The second-order valence-electron chi connectivity index (χ2n) is 6.65. The number of hydrogen-bond donors (Lipinski definition) is 1. The summed E-state index contributed by atoms with van der Waals surface area (Å²) >= 11 is 1.54. The molecule has 3 aromatic rings. The molecular weight excluding hydrogens is 304 g/mol. The number of fused-ring (bicyclic) bond motifs is 1. The van der Waals surface area contributed by atoms with Crippen molar-refractivity contribution in [2.45, 2.75) is 27.2 Å². The molecule has 3 nitrogen and oxygen atoms in total. The van der Waals surface area contributed by atoms with Gasteiger partial charge in [0, 0.05) is 22.9 Å². The van der Waals surface area contributed by atoms with Crippen LogP contribution in [0.15, 0.2) is 48.7 Å². The molecule has 23 heavy (non-hydrogen) atoms. The van der Waals surface area contributed by atoms with E-state index >= 15 is 0 Å². The number of hydrogen-bond acceptors (Lipinski definition) is 3. The van der Waals surface area contributed by atoms with Gasteiger partial charge in [0.05, 0.1) is 0 Å². The minimum atomic E-state index is -0.415. The number of nitrogens with zero attached hydrogens (tertiary/aromatic N) is 1. The first-order chi connectivity index (χ1) is 10.9. The lowest BCUT2D eigenvalue weighted by Gasteiger charge is -2.15. The van der Waals surface area contributed by atoms with Gasteiger partial charge >= 0.3 is 0 Å². The molecule has 1 aromatic heterocycles. The van der Waals surface area contributed by atoms with Gasteiger partial charge in [-0.25, -0.2) is 4.98 Å². The van der Waals surface area contributed by atoms with Crippen LogP contribution in [0.2, 0.25) is 0 Å². The standard InChI is InChI=1S/C19H20N2OS/c1-19(2,3)17(22)21-18-20-12-15(23-18)11-14-9-6-8-13-7-4-5-10-16(13)14/h4-10,12H,11H2,1-3H3,(H,20,21,22). The third-order valence-corrected chi connectivity index (χ3v) is 4.61. The van der Waals surface area contributed by atoms with E-state index in [1.807, 2.05) is 27.0 Å². The predicted molar refractivity (Wildman–Crippen MR) is 97.0 cm³/mol. The molecular formula is C19H20N2OS. The first-order valence-corrected chi connectivity index (χ1v) is 8.48. The van der Waals surface area contributed by atoms with Crippen LogP contribution < -0.4 is 5.32 Å². The number of carbonyl (C=O) groups is 1. The van der Waals surface area contributed by atoms with Crippen molar-refractivity contribution in [2.75, 3.05) is 5.32 Å². The molecule has 3 rings (SSSR count). The van der Waals surface area contributed by atoms with E-state index in [-0.39, 0.29) is 5.91 Å². The van der Waals surface area contributed by atoms with Crippen LogP contribution in [-0.2, 0) is 11.2 Å². The summed E-state index contributed by atoms with van der Waals surface area (Å²) < 4.78 is 0. The molecule has 0 aliphatic heterocycles. The Bertz CT molecular complexity index is 840. The number of nitrogens with one attached hydrogen (secondary N) is 1. The molecule has 0 bridgehead atoms. The Morgan fingerprint density at radius 2 is 1.87 bits per heavy atom. The molecule has 0 saturated carbocycles. The summed E-state index contributed by atoms with van der Waals surface area (Å²) in [6, 6.07) is 14.7. The summed E-state index contributed by atoms with van der Waals surface area (Å²) in [6.45, 7) is 5.69. The van der Waals surface area contributed by atoms with Gasteiger partial charge in [-0.2, -0.15) is 0 Å². The zero-order valence-corrected chi connectivity index (χ0v) is 14.4. The molecule has 1 N–H and O–H groups in total. The topological polar surface area (TPSA) is 42.0 Å². The van der Waals surface area contributed by atoms with Crippen LogP contribution in [0, 0.1) is 5.41 Å². The van der Waals surface area contributed by atoms with E-state index in [9.17, 15) is 4.79 Å². The van der Waals surface area contributed by atoms with Crippen LogP contribution in [-0.4, -0.2) is 10.9 Å². The number of benzene rings is 2. The van der Waals surface area contributed by atoms with Crippen molar-refractivity contribution in [3.63, 3.8) is 0 Å². The maximum atomic E-state index is 12.0. The van der Waals surface area contributed by atoms with E-state index < -0.39 is 5.41 Å². The Labute approximate surface area is 140 Å². The van der Waals surface area contributed by atoms with Gasteiger partial charge < -0.3 is 5.32 Å². The highest BCUT2D eigenvalue weighted by Gasteiger charge is 2.22. The number of thiazole rings is 1. The van der Waals surface area contributed by atoms with Gasteiger partial charge in [0.1, 0.15) is 0 Å². The van der Waals surface area contributed by atoms with E-state index in [0.29, 0.717) is 5.13 Å². The van der Waals surface area contributed by atoms with Crippen molar-refractivity contribution in [1.29, 1.82) is 0 Å². The van der Waals surface area contributed by atoms with Crippen LogP contribution in [0.25, 0.3) is 10.8 Å². The Kier molecular flexibility index (Phi) is 4.18. The van der Waals surface area contributed by atoms with E-state index in [1.165, 1.54) is 27.7 Å². The third kappa shape index (κ3) is 3.59. The van der Waals surface area contributed by atoms with Crippen LogP contribution in [0.3, 0.4) is 0 Å². The largest absolute Gasteiger partial charge is 0.302 e. The lowest BCUT2D eigenvalue weighted by Crippen LogP contribution is -2.27. The SMILES string of the molecule is CC(C)(C)C(=O)Nc1ncc(Cc2cccc3ccccc23)s1. The molecule has 0 atom stereocenters. The average molecular weight is 324 g/mol. The molecule has 0 spiro atoms. The van der Waals surface area contributed by atoms with Crippen molar-refractivity contribution in [3.8, 4) is 0 Å². The monoisotopic (exact) mass is 324 g/mol. The van der Waals surface area contributed by atoms with Crippen molar-refractivity contribution in [1.82, 2.24) is 4.98 Å².